The van der Waals surface area contributed by atoms with E-state index < -0.39 is 0 Å². The van der Waals surface area contributed by atoms with Crippen molar-refractivity contribution in [2.75, 3.05) is 44.2 Å². The molecule has 1 aliphatic rings. The lowest BCUT2D eigenvalue weighted by Gasteiger charge is -2.31. The van der Waals surface area contributed by atoms with E-state index in [1.807, 2.05) is 0 Å². The van der Waals surface area contributed by atoms with Crippen molar-refractivity contribution in [2.45, 2.75) is 33.1 Å². The summed E-state index contributed by atoms with van der Waals surface area (Å²) in [6.07, 6.45) is 6.26. The van der Waals surface area contributed by atoms with Gasteiger partial charge in [0.2, 0.25) is 11.9 Å². The van der Waals surface area contributed by atoms with E-state index in [-0.39, 0.29) is 11.8 Å². The minimum absolute atomic E-state index is 0.116. The molecular formula is C17H28BrN5O. The molecule has 6 nitrogen and oxygen atoms in total. The van der Waals surface area contributed by atoms with Crippen molar-refractivity contribution in [3.63, 3.8) is 0 Å². The van der Waals surface area contributed by atoms with Gasteiger partial charge in [0, 0.05) is 37.9 Å². The van der Waals surface area contributed by atoms with E-state index in [0.717, 1.165) is 69.0 Å². The monoisotopic (exact) mass is 397 g/mol. The Hall–Kier alpha value is -1.21. The highest BCUT2D eigenvalue weighted by Gasteiger charge is 2.25. The van der Waals surface area contributed by atoms with Crippen LogP contribution in [0.15, 0.2) is 16.9 Å². The minimum Gasteiger partial charge on any atom is -0.356 e. The summed E-state index contributed by atoms with van der Waals surface area (Å²) in [7, 11) is 0. The fraction of sp³-hybridized carbons (Fsp3) is 0.706. The molecule has 0 aliphatic carbocycles. The molecule has 2 heterocycles. The fourth-order valence-electron chi connectivity index (χ4n) is 3.01. The molecule has 24 heavy (non-hydrogen) atoms. The predicted molar refractivity (Wildman–Crippen MR) is 100 cm³/mol. The number of hydrogen-bond acceptors (Lipinski definition) is 5. The number of anilines is 1. The number of rotatable bonds is 8. The van der Waals surface area contributed by atoms with Crippen molar-refractivity contribution in [2.24, 2.45) is 5.92 Å². The van der Waals surface area contributed by atoms with Crippen molar-refractivity contribution in [3.05, 3.63) is 16.9 Å². The number of nitrogens with zero attached hydrogens (tertiary/aromatic N) is 4. The van der Waals surface area contributed by atoms with E-state index >= 15 is 0 Å². The van der Waals surface area contributed by atoms with Gasteiger partial charge in [0.1, 0.15) is 0 Å². The molecule has 0 saturated carbocycles. The molecule has 0 spiro atoms. The zero-order chi connectivity index (χ0) is 17.4. The van der Waals surface area contributed by atoms with E-state index in [2.05, 4.69) is 54.9 Å². The molecule has 1 N–H and O–H groups in total. The number of nitrogens with one attached hydrogen (secondary N) is 1. The van der Waals surface area contributed by atoms with Crippen LogP contribution < -0.4 is 10.2 Å². The summed E-state index contributed by atoms with van der Waals surface area (Å²) >= 11 is 3.35. The van der Waals surface area contributed by atoms with Crippen molar-refractivity contribution in [1.82, 2.24) is 20.2 Å². The molecule has 1 fully saturated rings. The highest BCUT2D eigenvalue weighted by molar-refractivity contribution is 9.10. The Morgan fingerprint density at radius 2 is 1.92 bits per heavy atom. The standard InChI is InChI=1S/C17H28BrN5O/c1-3-22(4-2)9-5-8-19-16(24)14-6-10-23(11-7-14)17-20-12-15(18)13-21-17/h12-14H,3-11H2,1-2H3,(H,19,24). The predicted octanol–water partition coefficient (Wildman–Crippen LogP) is 2.30. The van der Waals surface area contributed by atoms with Crippen molar-refractivity contribution in [1.29, 1.82) is 0 Å². The Morgan fingerprint density at radius 3 is 2.50 bits per heavy atom. The molecule has 1 amide bonds. The van der Waals surface area contributed by atoms with Gasteiger partial charge < -0.3 is 15.1 Å². The topological polar surface area (TPSA) is 61.4 Å². The summed E-state index contributed by atoms with van der Waals surface area (Å²) in [4.78, 5) is 25.5. The van der Waals surface area contributed by atoms with Gasteiger partial charge in [0.05, 0.1) is 4.47 Å². The van der Waals surface area contributed by atoms with Crippen LogP contribution in [0.1, 0.15) is 33.1 Å². The Balaban J connectivity index is 1.68. The maximum absolute atomic E-state index is 12.3. The Bertz CT molecular complexity index is 498. The van der Waals surface area contributed by atoms with Crippen LogP contribution in [-0.4, -0.2) is 60.0 Å². The second kappa shape index (κ2) is 9.93. The van der Waals surface area contributed by atoms with E-state index in [1.54, 1.807) is 12.4 Å². The highest BCUT2D eigenvalue weighted by atomic mass is 79.9. The number of piperidine rings is 1. The molecule has 7 heteroatoms. The maximum atomic E-state index is 12.3. The number of carbonyl (C=O) groups excluding carboxylic acids is 1. The van der Waals surface area contributed by atoms with Crippen LogP contribution in [0.3, 0.4) is 0 Å². The van der Waals surface area contributed by atoms with Crippen LogP contribution in [0, 0.1) is 5.92 Å². The van der Waals surface area contributed by atoms with Crippen molar-refractivity contribution < 1.29 is 4.79 Å². The van der Waals surface area contributed by atoms with Gasteiger partial charge in [-0.05, 0) is 54.8 Å². The zero-order valence-corrected chi connectivity index (χ0v) is 16.3. The number of amides is 1. The second-order valence-corrected chi connectivity index (χ2v) is 7.05. The first-order chi connectivity index (χ1) is 11.6. The lowest BCUT2D eigenvalue weighted by molar-refractivity contribution is -0.125. The van der Waals surface area contributed by atoms with Gasteiger partial charge in [-0.25, -0.2) is 9.97 Å². The highest BCUT2D eigenvalue weighted by Crippen LogP contribution is 2.21. The molecule has 1 aliphatic heterocycles. The fourth-order valence-corrected chi connectivity index (χ4v) is 3.21. The van der Waals surface area contributed by atoms with Gasteiger partial charge in [0.15, 0.2) is 0 Å². The number of halogens is 1. The van der Waals surface area contributed by atoms with Gasteiger partial charge in [-0.15, -0.1) is 0 Å². The third-order valence-electron chi connectivity index (χ3n) is 4.60. The molecule has 1 aromatic rings. The average Bonchev–Trinajstić information content (AvgIpc) is 2.62. The molecule has 0 bridgehead atoms. The molecule has 134 valence electrons. The molecule has 0 unspecified atom stereocenters. The smallest absolute Gasteiger partial charge is 0.225 e. The number of carbonyl (C=O) groups is 1. The van der Waals surface area contributed by atoms with Crippen LogP contribution in [0.5, 0.6) is 0 Å². The zero-order valence-electron chi connectivity index (χ0n) is 14.7. The van der Waals surface area contributed by atoms with Crippen LogP contribution in [-0.2, 0) is 4.79 Å². The molecule has 0 radical (unpaired) electrons. The van der Waals surface area contributed by atoms with E-state index in [0.29, 0.717) is 0 Å². The number of aromatic nitrogens is 2. The van der Waals surface area contributed by atoms with E-state index in [9.17, 15) is 4.79 Å². The molecule has 2 rings (SSSR count). The summed E-state index contributed by atoms with van der Waals surface area (Å²) < 4.78 is 0.880. The molecular weight excluding hydrogens is 370 g/mol. The van der Waals surface area contributed by atoms with Crippen molar-refractivity contribution in [3.8, 4) is 0 Å². The van der Waals surface area contributed by atoms with Gasteiger partial charge >= 0.3 is 0 Å². The maximum Gasteiger partial charge on any atom is 0.225 e. The normalized spacial score (nSPS) is 15.8. The van der Waals surface area contributed by atoms with Crippen LogP contribution >= 0.6 is 15.9 Å². The van der Waals surface area contributed by atoms with Crippen LogP contribution in [0.25, 0.3) is 0 Å². The molecule has 1 saturated heterocycles. The third kappa shape index (κ3) is 5.70. The van der Waals surface area contributed by atoms with Gasteiger partial charge in [-0.1, -0.05) is 13.8 Å². The lowest BCUT2D eigenvalue weighted by Crippen LogP contribution is -2.41. The van der Waals surface area contributed by atoms with Crippen LogP contribution in [0.4, 0.5) is 5.95 Å². The Labute approximate surface area is 153 Å². The largest absolute Gasteiger partial charge is 0.356 e. The summed E-state index contributed by atoms with van der Waals surface area (Å²) in [5.41, 5.74) is 0. The summed E-state index contributed by atoms with van der Waals surface area (Å²) in [5, 5.41) is 3.10. The Morgan fingerprint density at radius 1 is 1.29 bits per heavy atom. The first kappa shape index (κ1) is 19.1. The first-order valence-corrected chi connectivity index (χ1v) is 9.65. The quantitative estimate of drug-likeness (QED) is 0.681. The lowest BCUT2D eigenvalue weighted by atomic mass is 9.96. The van der Waals surface area contributed by atoms with Crippen LogP contribution in [0.2, 0.25) is 0 Å². The van der Waals surface area contributed by atoms with Gasteiger partial charge in [0.25, 0.3) is 0 Å². The van der Waals surface area contributed by atoms with E-state index in [4.69, 9.17) is 0 Å². The molecule has 0 aromatic carbocycles. The second-order valence-electron chi connectivity index (χ2n) is 6.13. The summed E-state index contributed by atoms with van der Waals surface area (Å²) in [6.45, 7) is 9.97. The summed E-state index contributed by atoms with van der Waals surface area (Å²) in [6, 6.07) is 0. The van der Waals surface area contributed by atoms with E-state index in [1.165, 1.54) is 0 Å². The Kier molecular flexibility index (Phi) is 7.91. The van der Waals surface area contributed by atoms with Gasteiger partial charge in [-0.2, -0.15) is 0 Å². The SMILES string of the molecule is CCN(CC)CCCNC(=O)C1CCN(c2ncc(Br)cn2)CC1. The first-order valence-electron chi connectivity index (χ1n) is 8.86. The molecule has 1 aromatic heterocycles. The minimum atomic E-state index is 0.116. The molecule has 0 atom stereocenters. The number of hydrogen-bond donors (Lipinski definition) is 1. The van der Waals surface area contributed by atoms with Gasteiger partial charge in [-0.3, -0.25) is 4.79 Å². The summed E-state index contributed by atoms with van der Waals surface area (Å²) in [5.74, 6) is 1.06. The average molecular weight is 398 g/mol. The third-order valence-corrected chi connectivity index (χ3v) is 5.01. The van der Waals surface area contributed by atoms with Crippen molar-refractivity contribution >= 4 is 27.8 Å².